The molecule has 21 heavy (non-hydrogen) atoms. The van der Waals surface area contributed by atoms with Gasteiger partial charge < -0.3 is 11.1 Å². The maximum atomic E-state index is 12.3. The second-order valence-corrected chi connectivity index (χ2v) is 6.17. The standard InChI is InChI=1S/C15H17ClN4O/c1-15(2,3)11-6-9(7-12(17)19-11)14(21)20-13-5-4-10(16)8-18-13/h4-8H,1-3H3,(H2,17,19)(H,18,20,21). The number of nitrogen functional groups attached to an aromatic ring is 1. The van der Waals surface area contributed by atoms with Crippen LogP contribution in [0.15, 0.2) is 30.5 Å². The van der Waals surface area contributed by atoms with Crippen molar-refractivity contribution in [3.8, 4) is 0 Å². The first-order valence-corrected chi connectivity index (χ1v) is 6.84. The van der Waals surface area contributed by atoms with Crippen molar-refractivity contribution in [1.82, 2.24) is 9.97 Å². The van der Waals surface area contributed by atoms with E-state index < -0.39 is 0 Å². The maximum absolute atomic E-state index is 12.3. The van der Waals surface area contributed by atoms with E-state index in [0.717, 1.165) is 5.69 Å². The molecule has 0 aliphatic heterocycles. The van der Waals surface area contributed by atoms with Gasteiger partial charge in [-0.05, 0) is 24.3 Å². The van der Waals surface area contributed by atoms with Crippen LogP contribution in [0.3, 0.4) is 0 Å². The van der Waals surface area contributed by atoms with Crippen LogP contribution >= 0.6 is 11.6 Å². The highest BCUT2D eigenvalue weighted by Crippen LogP contribution is 2.23. The number of rotatable bonds is 2. The summed E-state index contributed by atoms with van der Waals surface area (Å²) < 4.78 is 0. The molecule has 0 bridgehead atoms. The summed E-state index contributed by atoms with van der Waals surface area (Å²) in [7, 11) is 0. The van der Waals surface area contributed by atoms with Crippen LogP contribution in [-0.2, 0) is 5.41 Å². The Morgan fingerprint density at radius 3 is 2.57 bits per heavy atom. The van der Waals surface area contributed by atoms with Crippen LogP contribution in [0.5, 0.6) is 0 Å². The van der Waals surface area contributed by atoms with E-state index in [1.54, 1.807) is 24.3 Å². The lowest BCUT2D eigenvalue weighted by atomic mass is 9.90. The number of nitrogens with two attached hydrogens (primary N) is 1. The molecule has 0 atom stereocenters. The first-order valence-electron chi connectivity index (χ1n) is 6.46. The van der Waals surface area contributed by atoms with Crippen molar-refractivity contribution in [3.05, 3.63) is 46.7 Å². The highest BCUT2D eigenvalue weighted by Gasteiger charge is 2.19. The summed E-state index contributed by atoms with van der Waals surface area (Å²) in [6.45, 7) is 6.03. The number of hydrogen-bond donors (Lipinski definition) is 2. The Hall–Kier alpha value is -2.14. The second-order valence-electron chi connectivity index (χ2n) is 5.73. The minimum absolute atomic E-state index is 0.192. The molecule has 0 aliphatic rings. The Bertz CT molecular complexity index is 662. The number of carbonyl (C=O) groups excluding carboxylic acids is 1. The Balaban J connectivity index is 2.27. The molecule has 0 spiro atoms. The van der Waals surface area contributed by atoms with Crippen LogP contribution in [0.25, 0.3) is 0 Å². The fourth-order valence-electron chi connectivity index (χ4n) is 1.71. The van der Waals surface area contributed by atoms with Gasteiger partial charge in [-0.2, -0.15) is 0 Å². The minimum Gasteiger partial charge on any atom is -0.384 e. The molecular formula is C15H17ClN4O. The van der Waals surface area contributed by atoms with Gasteiger partial charge in [0.05, 0.1) is 5.02 Å². The highest BCUT2D eigenvalue weighted by molar-refractivity contribution is 6.30. The lowest BCUT2D eigenvalue weighted by Crippen LogP contribution is -2.18. The molecule has 0 radical (unpaired) electrons. The van der Waals surface area contributed by atoms with E-state index >= 15 is 0 Å². The Labute approximate surface area is 128 Å². The van der Waals surface area contributed by atoms with E-state index in [-0.39, 0.29) is 11.3 Å². The summed E-state index contributed by atoms with van der Waals surface area (Å²) in [5.74, 6) is 0.457. The number of halogens is 1. The second kappa shape index (κ2) is 5.69. The predicted molar refractivity (Wildman–Crippen MR) is 84.5 cm³/mol. The Morgan fingerprint density at radius 1 is 1.29 bits per heavy atom. The van der Waals surface area contributed by atoms with Crippen LogP contribution < -0.4 is 11.1 Å². The van der Waals surface area contributed by atoms with E-state index in [1.165, 1.54) is 6.20 Å². The van der Waals surface area contributed by atoms with Gasteiger partial charge in [-0.1, -0.05) is 32.4 Å². The van der Waals surface area contributed by atoms with Gasteiger partial charge in [0.2, 0.25) is 0 Å². The van der Waals surface area contributed by atoms with Crippen LogP contribution in [0.4, 0.5) is 11.6 Å². The van der Waals surface area contributed by atoms with Crippen molar-refractivity contribution >= 4 is 29.1 Å². The van der Waals surface area contributed by atoms with Crippen molar-refractivity contribution < 1.29 is 4.79 Å². The molecule has 2 rings (SSSR count). The van der Waals surface area contributed by atoms with E-state index in [9.17, 15) is 4.79 Å². The minimum atomic E-state index is -0.288. The van der Waals surface area contributed by atoms with Crippen molar-refractivity contribution in [1.29, 1.82) is 0 Å². The number of amides is 1. The van der Waals surface area contributed by atoms with Crippen LogP contribution in [-0.4, -0.2) is 15.9 Å². The SMILES string of the molecule is CC(C)(C)c1cc(C(=O)Nc2ccc(Cl)cn2)cc(N)n1. The third-order valence-electron chi connectivity index (χ3n) is 2.84. The zero-order valence-corrected chi connectivity index (χ0v) is 12.9. The summed E-state index contributed by atoms with van der Waals surface area (Å²) >= 11 is 5.76. The van der Waals surface area contributed by atoms with Gasteiger partial charge >= 0.3 is 0 Å². The van der Waals surface area contributed by atoms with E-state index in [0.29, 0.717) is 22.2 Å². The molecule has 0 saturated carbocycles. The molecule has 2 heterocycles. The third kappa shape index (κ3) is 3.92. The Kier molecular flexibility index (Phi) is 4.14. The number of hydrogen-bond acceptors (Lipinski definition) is 4. The number of nitrogens with zero attached hydrogens (tertiary/aromatic N) is 2. The molecule has 0 fully saturated rings. The molecule has 0 aliphatic carbocycles. The van der Waals surface area contributed by atoms with Crippen LogP contribution in [0.1, 0.15) is 36.8 Å². The van der Waals surface area contributed by atoms with Gasteiger partial charge in [-0.15, -0.1) is 0 Å². The number of carbonyl (C=O) groups is 1. The van der Waals surface area contributed by atoms with Gasteiger partial charge in [-0.25, -0.2) is 9.97 Å². The topological polar surface area (TPSA) is 80.9 Å². The van der Waals surface area contributed by atoms with Crippen LogP contribution in [0.2, 0.25) is 5.02 Å². The summed E-state index contributed by atoms with van der Waals surface area (Å²) in [6, 6.07) is 6.57. The molecule has 3 N–H and O–H groups in total. The van der Waals surface area contributed by atoms with Crippen molar-refractivity contribution in [2.75, 3.05) is 11.1 Å². The number of nitrogens with one attached hydrogen (secondary N) is 1. The summed E-state index contributed by atoms with van der Waals surface area (Å²) in [4.78, 5) is 20.6. The smallest absolute Gasteiger partial charge is 0.257 e. The summed E-state index contributed by atoms with van der Waals surface area (Å²) in [5.41, 5.74) is 6.80. The number of anilines is 2. The fraction of sp³-hybridized carbons (Fsp3) is 0.267. The molecule has 6 heteroatoms. The van der Waals surface area contributed by atoms with Gasteiger partial charge in [0.15, 0.2) is 0 Å². The fourth-order valence-corrected chi connectivity index (χ4v) is 1.82. The average molecular weight is 305 g/mol. The van der Waals surface area contributed by atoms with Crippen molar-refractivity contribution in [2.24, 2.45) is 0 Å². The van der Waals surface area contributed by atoms with Crippen molar-refractivity contribution in [2.45, 2.75) is 26.2 Å². The highest BCUT2D eigenvalue weighted by atomic mass is 35.5. The number of pyridine rings is 2. The number of aromatic nitrogens is 2. The largest absolute Gasteiger partial charge is 0.384 e. The molecule has 0 saturated heterocycles. The normalized spacial score (nSPS) is 11.2. The molecule has 2 aromatic rings. The maximum Gasteiger partial charge on any atom is 0.257 e. The predicted octanol–water partition coefficient (Wildman–Crippen LogP) is 3.26. The molecule has 0 aromatic carbocycles. The third-order valence-corrected chi connectivity index (χ3v) is 3.07. The van der Waals surface area contributed by atoms with Gasteiger partial charge in [-0.3, -0.25) is 4.79 Å². The monoisotopic (exact) mass is 304 g/mol. The Morgan fingerprint density at radius 2 is 2.00 bits per heavy atom. The van der Waals surface area contributed by atoms with E-state index in [2.05, 4.69) is 15.3 Å². The molecular weight excluding hydrogens is 288 g/mol. The lowest BCUT2D eigenvalue weighted by molar-refractivity contribution is 0.102. The first kappa shape index (κ1) is 15.3. The van der Waals surface area contributed by atoms with Gasteiger partial charge in [0, 0.05) is 22.9 Å². The zero-order valence-electron chi connectivity index (χ0n) is 12.1. The van der Waals surface area contributed by atoms with Gasteiger partial charge in [0.25, 0.3) is 5.91 Å². The first-order chi connectivity index (χ1) is 9.75. The van der Waals surface area contributed by atoms with E-state index in [4.69, 9.17) is 17.3 Å². The lowest BCUT2D eigenvalue weighted by Gasteiger charge is -2.19. The quantitative estimate of drug-likeness (QED) is 0.892. The molecule has 1 amide bonds. The van der Waals surface area contributed by atoms with Gasteiger partial charge in [0.1, 0.15) is 11.6 Å². The van der Waals surface area contributed by atoms with Crippen LogP contribution in [0, 0.1) is 0 Å². The molecule has 5 nitrogen and oxygen atoms in total. The average Bonchev–Trinajstić information content (AvgIpc) is 2.39. The summed E-state index contributed by atoms with van der Waals surface area (Å²) in [5, 5.41) is 3.21. The zero-order chi connectivity index (χ0) is 15.6. The molecule has 0 unspecified atom stereocenters. The van der Waals surface area contributed by atoms with Crippen molar-refractivity contribution in [3.63, 3.8) is 0 Å². The molecule has 110 valence electrons. The summed E-state index contributed by atoms with van der Waals surface area (Å²) in [6.07, 6.45) is 1.47. The molecule has 2 aromatic heterocycles. The van der Waals surface area contributed by atoms with E-state index in [1.807, 2.05) is 20.8 Å².